The summed E-state index contributed by atoms with van der Waals surface area (Å²) in [6.07, 6.45) is 5.43. The first-order valence-corrected chi connectivity index (χ1v) is 6.53. The number of aliphatic imine (C=N–C) groups is 1. The van der Waals surface area contributed by atoms with Crippen molar-refractivity contribution in [2.75, 3.05) is 11.6 Å². The largest absolute Gasteiger partial charge is 0.383 e. The SMILES string of the molecule is C#Cc1cccc(N2CN=C(N)c3cc([N+](=O)[O-])ccc32)c1. The molecule has 2 aromatic carbocycles. The highest BCUT2D eigenvalue weighted by Crippen LogP contribution is 2.33. The van der Waals surface area contributed by atoms with Gasteiger partial charge in [-0.3, -0.25) is 10.1 Å². The van der Waals surface area contributed by atoms with E-state index in [1.165, 1.54) is 12.1 Å². The van der Waals surface area contributed by atoms with Gasteiger partial charge in [0, 0.05) is 28.9 Å². The van der Waals surface area contributed by atoms with Gasteiger partial charge < -0.3 is 10.6 Å². The van der Waals surface area contributed by atoms with E-state index in [4.69, 9.17) is 12.2 Å². The van der Waals surface area contributed by atoms with Gasteiger partial charge in [-0.25, -0.2) is 4.99 Å². The van der Waals surface area contributed by atoms with E-state index < -0.39 is 4.92 Å². The molecule has 2 aromatic rings. The normalized spacial score (nSPS) is 13.0. The van der Waals surface area contributed by atoms with Gasteiger partial charge in [-0.15, -0.1) is 6.42 Å². The van der Waals surface area contributed by atoms with E-state index >= 15 is 0 Å². The molecule has 0 saturated carbocycles. The Morgan fingerprint density at radius 1 is 1.32 bits per heavy atom. The monoisotopic (exact) mass is 292 g/mol. The van der Waals surface area contributed by atoms with Crippen LogP contribution < -0.4 is 10.6 Å². The number of fused-ring (bicyclic) bond motifs is 1. The summed E-state index contributed by atoms with van der Waals surface area (Å²) in [5.74, 6) is 2.88. The number of nitrogens with zero attached hydrogens (tertiary/aromatic N) is 3. The van der Waals surface area contributed by atoms with Crippen LogP contribution in [0.25, 0.3) is 0 Å². The van der Waals surface area contributed by atoms with Gasteiger partial charge in [0.15, 0.2) is 0 Å². The molecule has 3 rings (SSSR count). The van der Waals surface area contributed by atoms with Crippen LogP contribution in [0, 0.1) is 22.5 Å². The molecule has 22 heavy (non-hydrogen) atoms. The van der Waals surface area contributed by atoms with E-state index in [0.717, 1.165) is 16.9 Å². The van der Waals surface area contributed by atoms with Gasteiger partial charge in [0.05, 0.1) is 10.6 Å². The molecule has 0 atom stereocenters. The summed E-state index contributed by atoms with van der Waals surface area (Å²) in [7, 11) is 0. The summed E-state index contributed by atoms with van der Waals surface area (Å²) in [5, 5.41) is 10.9. The summed E-state index contributed by atoms with van der Waals surface area (Å²) < 4.78 is 0. The molecule has 0 unspecified atom stereocenters. The highest BCUT2D eigenvalue weighted by Gasteiger charge is 2.22. The van der Waals surface area contributed by atoms with E-state index in [-0.39, 0.29) is 5.69 Å². The molecule has 0 aromatic heterocycles. The molecule has 1 heterocycles. The molecular weight excluding hydrogens is 280 g/mol. The number of anilines is 2. The zero-order valence-electron chi connectivity index (χ0n) is 11.6. The Balaban J connectivity index is 2.11. The van der Waals surface area contributed by atoms with Crippen molar-refractivity contribution in [3.8, 4) is 12.3 Å². The minimum atomic E-state index is -0.453. The number of nitro groups is 1. The summed E-state index contributed by atoms with van der Waals surface area (Å²) in [5.41, 5.74) is 8.80. The summed E-state index contributed by atoms with van der Waals surface area (Å²) in [4.78, 5) is 16.6. The van der Waals surface area contributed by atoms with Gasteiger partial charge in [-0.2, -0.15) is 0 Å². The number of nitrogens with two attached hydrogens (primary N) is 1. The van der Waals surface area contributed by atoms with Crippen molar-refractivity contribution in [3.05, 3.63) is 63.7 Å². The summed E-state index contributed by atoms with van der Waals surface area (Å²) in [6.45, 7) is 0.338. The fourth-order valence-corrected chi connectivity index (χ4v) is 2.37. The second-order valence-electron chi connectivity index (χ2n) is 4.77. The Morgan fingerprint density at radius 3 is 2.86 bits per heavy atom. The molecule has 1 aliphatic rings. The van der Waals surface area contributed by atoms with Crippen molar-refractivity contribution in [2.45, 2.75) is 0 Å². The maximum atomic E-state index is 10.9. The Morgan fingerprint density at radius 2 is 2.14 bits per heavy atom. The Hall–Kier alpha value is -3.33. The topological polar surface area (TPSA) is 84.8 Å². The summed E-state index contributed by atoms with van der Waals surface area (Å²) >= 11 is 0. The average Bonchev–Trinajstić information content (AvgIpc) is 2.55. The third kappa shape index (κ3) is 2.25. The van der Waals surface area contributed by atoms with Gasteiger partial charge in [0.2, 0.25) is 0 Å². The molecule has 0 radical (unpaired) electrons. The maximum Gasteiger partial charge on any atom is 0.270 e. The minimum absolute atomic E-state index is 0.0175. The predicted octanol–water partition coefficient (Wildman–Crippen LogP) is 2.39. The summed E-state index contributed by atoms with van der Waals surface area (Å²) in [6, 6.07) is 12.0. The Bertz CT molecular complexity index is 836. The van der Waals surface area contributed by atoms with Crippen molar-refractivity contribution < 1.29 is 4.92 Å². The first kappa shape index (κ1) is 13.6. The van der Waals surface area contributed by atoms with Crippen LogP contribution in [-0.4, -0.2) is 17.4 Å². The number of amidine groups is 1. The van der Waals surface area contributed by atoms with Gasteiger partial charge in [-0.05, 0) is 24.3 Å². The van der Waals surface area contributed by atoms with E-state index in [1.807, 2.05) is 29.2 Å². The number of hydrogen-bond acceptors (Lipinski definition) is 5. The van der Waals surface area contributed by atoms with Crippen molar-refractivity contribution in [1.29, 1.82) is 0 Å². The number of non-ortho nitro benzene ring substituents is 1. The number of terminal acetylenes is 1. The van der Waals surface area contributed by atoms with Crippen molar-refractivity contribution >= 4 is 22.9 Å². The van der Waals surface area contributed by atoms with E-state index in [1.54, 1.807) is 6.07 Å². The number of hydrogen-bond donors (Lipinski definition) is 1. The maximum absolute atomic E-state index is 10.9. The molecule has 6 nitrogen and oxygen atoms in total. The van der Waals surface area contributed by atoms with Crippen molar-refractivity contribution in [3.63, 3.8) is 0 Å². The Kier molecular flexibility index (Phi) is 3.24. The van der Waals surface area contributed by atoms with Gasteiger partial charge in [0.1, 0.15) is 12.5 Å². The van der Waals surface area contributed by atoms with Crippen LogP contribution in [-0.2, 0) is 0 Å². The molecule has 0 saturated heterocycles. The van der Waals surface area contributed by atoms with Crippen LogP contribution in [0.15, 0.2) is 47.5 Å². The standard InChI is InChI=1S/C16H12N4O2/c1-2-11-4-3-5-12(8-11)19-10-18-16(17)14-9-13(20(21)22)6-7-15(14)19/h1,3-9H,10H2,(H2,17,18). The van der Waals surface area contributed by atoms with Crippen LogP contribution in [0.2, 0.25) is 0 Å². The first-order valence-electron chi connectivity index (χ1n) is 6.53. The fourth-order valence-electron chi connectivity index (χ4n) is 2.37. The third-order valence-corrected chi connectivity index (χ3v) is 3.46. The van der Waals surface area contributed by atoms with Crippen LogP contribution in [0.4, 0.5) is 17.1 Å². The van der Waals surface area contributed by atoms with Crippen LogP contribution in [0.3, 0.4) is 0 Å². The lowest BCUT2D eigenvalue weighted by Gasteiger charge is -2.29. The quantitative estimate of drug-likeness (QED) is 0.523. The van der Waals surface area contributed by atoms with E-state index in [9.17, 15) is 10.1 Å². The van der Waals surface area contributed by atoms with Gasteiger partial charge in [0.25, 0.3) is 5.69 Å². The molecular formula is C16H12N4O2. The van der Waals surface area contributed by atoms with E-state index in [0.29, 0.717) is 18.1 Å². The Labute approximate surface area is 127 Å². The van der Waals surface area contributed by atoms with E-state index in [2.05, 4.69) is 10.9 Å². The van der Waals surface area contributed by atoms with Crippen LogP contribution in [0.5, 0.6) is 0 Å². The van der Waals surface area contributed by atoms with Crippen LogP contribution in [0.1, 0.15) is 11.1 Å². The average molecular weight is 292 g/mol. The third-order valence-electron chi connectivity index (χ3n) is 3.46. The lowest BCUT2D eigenvalue weighted by Crippen LogP contribution is -2.29. The highest BCUT2D eigenvalue weighted by molar-refractivity contribution is 6.05. The molecule has 0 amide bonds. The second-order valence-corrected chi connectivity index (χ2v) is 4.77. The number of nitro benzene ring substituents is 1. The number of rotatable bonds is 2. The lowest BCUT2D eigenvalue weighted by atomic mass is 10.1. The lowest BCUT2D eigenvalue weighted by molar-refractivity contribution is -0.384. The predicted molar refractivity (Wildman–Crippen MR) is 85.2 cm³/mol. The van der Waals surface area contributed by atoms with Gasteiger partial charge in [-0.1, -0.05) is 12.0 Å². The number of benzene rings is 2. The first-order chi connectivity index (χ1) is 10.6. The highest BCUT2D eigenvalue weighted by atomic mass is 16.6. The fraction of sp³-hybridized carbons (Fsp3) is 0.0625. The van der Waals surface area contributed by atoms with Crippen molar-refractivity contribution in [2.24, 2.45) is 10.7 Å². The zero-order chi connectivity index (χ0) is 15.7. The molecule has 0 fully saturated rings. The minimum Gasteiger partial charge on any atom is -0.383 e. The van der Waals surface area contributed by atoms with Crippen LogP contribution >= 0.6 is 0 Å². The molecule has 6 heteroatoms. The molecule has 0 aliphatic carbocycles. The molecule has 0 bridgehead atoms. The molecule has 108 valence electrons. The van der Waals surface area contributed by atoms with Crippen molar-refractivity contribution in [1.82, 2.24) is 0 Å². The molecule has 2 N–H and O–H groups in total. The molecule has 1 aliphatic heterocycles. The smallest absolute Gasteiger partial charge is 0.270 e. The zero-order valence-corrected chi connectivity index (χ0v) is 11.6. The molecule has 0 spiro atoms. The van der Waals surface area contributed by atoms with Gasteiger partial charge >= 0.3 is 0 Å². The second kappa shape index (κ2) is 5.22.